The molecule has 0 aliphatic heterocycles. The van der Waals surface area contributed by atoms with Gasteiger partial charge < -0.3 is 5.32 Å². The maximum absolute atomic E-state index is 12.3. The van der Waals surface area contributed by atoms with Crippen LogP contribution in [0.1, 0.15) is 44.7 Å². The molecule has 1 aromatic carbocycles. The monoisotopic (exact) mass is 396 g/mol. The quantitative estimate of drug-likeness (QED) is 0.749. The zero-order valence-corrected chi connectivity index (χ0v) is 17.0. The molecule has 0 aliphatic rings. The number of anilines is 1. The Morgan fingerprint density at radius 2 is 1.81 bits per heavy atom. The number of hydrogen-bond acceptors (Lipinski definition) is 6. The van der Waals surface area contributed by atoms with Crippen molar-refractivity contribution in [2.75, 3.05) is 11.9 Å². The summed E-state index contributed by atoms with van der Waals surface area (Å²) < 4.78 is 27.1. The minimum absolute atomic E-state index is 0.00856. The zero-order chi connectivity index (χ0) is 19.4. The topological polar surface area (TPSA) is 101 Å². The van der Waals surface area contributed by atoms with Gasteiger partial charge in [-0.15, -0.1) is 10.2 Å². The number of hydrogen-bond donors (Lipinski definition) is 2. The molecule has 0 radical (unpaired) electrons. The summed E-state index contributed by atoms with van der Waals surface area (Å²) in [5.74, 6) is -0.311. The van der Waals surface area contributed by atoms with Crippen molar-refractivity contribution >= 4 is 32.4 Å². The first-order valence-corrected chi connectivity index (χ1v) is 10.6. The van der Waals surface area contributed by atoms with Crippen molar-refractivity contribution < 1.29 is 13.2 Å². The van der Waals surface area contributed by atoms with Crippen molar-refractivity contribution in [3.8, 4) is 0 Å². The smallest absolute Gasteiger partial charge is 0.240 e. The molecule has 0 saturated carbocycles. The second kappa shape index (κ2) is 8.24. The molecule has 2 aromatic rings. The Bertz CT molecular complexity index is 853. The van der Waals surface area contributed by atoms with Crippen LogP contribution in [-0.4, -0.2) is 31.1 Å². The zero-order valence-electron chi connectivity index (χ0n) is 15.4. The van der Waals surface area contributed by atoms with Crippen LogP contribution in [0, 0.1) is 0 Å². The van der Waals surface area contributed by atoms with E-state index in [1.165, 1.54) is 11.3 Å². The van der Waals surface area contributed by atoms with Crippen molar-refractivity contribution in [3.05, 3.63) is 34.8 Å². The number of benzene rings is 1. The van der Waals surface area contributed by atoms with Gasteiger partial charge in [-0.05, 0) is 29.5 Å². The van der Waals surface area contributed by atoms with Crippen LogP contribution in [-0.2, 0) is 26.7 Å². The van der Waals surface area contributed by atoms with Crippen molar-refractivity contribution in [1.82, 2.24) is 14.9 Å². The minimum atomic E-state index is -3.65. The van der Waals surface area contributed by atoms with E-state index in [4.69, 9.17) is 0 Å². The van der Waals surface area contributed by atoms with Gasteiger partial charge in [0.2, 0.25) is 21.1 Å². The molecular formula is C17H24N4O3S2. The summed E-state index contributed by atoms with van der Waals surface area (Å²) in [6.07, 6.45) is 0.766. The molecule has 0 aliphatic carbocycles. The van der Waals surface area contributed by atoms with Crippen LogP contribution in [0.15, 0.2) is 29.2 Å². The lowest BCUT2D eigenvalue weighted by molar-refractivity contribution is -0.116. The Morgan fingerprint density at radius 1 is 1.15 bits per heavy atom. The summed E-state index contributed by atoms with van der Waals surface area (Å²) in [6, 6.07) is 6.77. The predicted molar refractivity (Wildman–Crippen MR) is 103 cm³/mol. The summed E-state index contributed by atoms with van der Waals surface area (Å²) in [5, 5.41) is 11.6. The lowest BCUT2D eigenvalue weighted by Gasteiger charge is -2.19. The van der Waals surface area contributed by atoms with Gasteiger partial charge in [-0.1, -0.05) is 51.2 Å². The first-order chi connectivity index (χ1) is 12.1. The van der Waals surface area contributed by atoms with Gasteiger partial charge in [-0.3, -0.25) is 4.79 Å². The molecular weight excluding hydrogens is 372 g/mol. The van der Waals surface area contributed by atoms with Crippen LogP contribution < -0.4 is 10.0 Å². The molecule has 1 heterocycles. The summed E-state index contributed by atoms with van der Waals surface area (Å²) in [4.78, 5) is 12.1. The second-order valence-electron chi connectivity index (χ2n) is 6.82. The number of rotatable bonds is 7. The molecule has 1 amide bonds. The number of aromatic nitrogens is 2. The largest absolute Gasteiger partial charge is 0.300 e. The number of carbonyl (C=O) groups excluding carboxylic acids is 1. The predicted octanol–water partition coefficient (Wildman–Crippen LogP) is 2.71. The number of nitrogens with zero attached hydrogens (tertiary/aromatic N) is 2. The lowest BCUT2D eigenvalue weighted by atomic mass is 9.87. The van der Waals surface area contributed by atoms with E-state index in [9.17, 15) is 13.2 Å². The van der Waals surface area contributed by atoms with E-state index in [0.717, 1.165) is 17.0 Å². The molecule has 142 valence electrons. The molecule has 0 fully saturated rings. The van der Waals surface area contributed by atoms with Crippen molar-refractivity contribution in [2.45, 2.75) is 50.8 Å². The van der Waals surface area contributed by atoms with Crippen molar-refractivity contribution in [3.63, 3.8) is 0 Å². The van der Waals surface area contributed by atoms with Gasteiger partial charge in [0.25, 0.3) is 0 Å². The molecule has 0 spiro atoms. The fraction of sp³-hybridized carbons (Fsp3) is 0.471. The molecule has 26 heavy (non-hydrogen) atoms. The van der Waals surface area contributed by atoms with E-state index in [0.29, 0.717) is 5.13 Å². The highest BCUT2D eigenvalue weighted by Gasteiger charge is 2.18. The van der Waals surface area contributed by atoms with Gasteiger partial charge in [0.1, 0.15) is 5.01 Å². The van der Waals surface area contributed by atoms with Gasteiger partial charge in [0, 0.05) is 13.0 Å². The fourth-order valence-corrected chi connectivity index (χ4v) is 3.87. The van der Waals surface area contributed by atoms with Crippen molar-refractivity contribution in [2.24, 2.45) is 0 Å². The number of nitrogens with one attached hydrogen (secondary N) is 2. The van der Waals surface area contributed by atoms with Crippen LogP contribution in [0.4, 0.5) is 5.13 Å². The molecule has 2 N–H and O–H groups in total. The van der Waals surface area contributed by atoms with Crippen LogP contribution in [0.5, 0.6) is 0 Å². The lowest BCUT2D eigenvalue weighted by Crippen LogP contribution is -2.28. The molecule has 0 unspecified atom stereocenters. The van der Waals surface area contributed by atoms with E-state index in [1.807, 2.05) is 19.1 Å². The summed E-state index contributed by atoms with van der Waals surface area (Å²) >= 11 is 1.31. The first kappa shape index (κ1) is 20.5. The Balaban J connectivity index is 1.88. The molecule has 1 aromatic heterocycles. The van der Waals surface area contributed by atoms with Gasteiger partial charge in [0.05, 0.1) is 4.90 Å². The van der Waals surface area contributed by atoms with Gasteiger partial charge >= 0.3 is 0 Å². The highest BCUT2D eigenvalue weighted by atomic mass is 32.2. The third-order valence-electron chi connectivity index (χ3n) is 3.69. The van der Waals surface area contributed by atoms with E-state index < -0.39 is 10.0 Å². The third-order valence-corrected chi connectivity index (χ3v) is 6.15. The number of sulfonamides is 1. The second-order valence-corrected chi connectivity index (χ2v) is 9.65. The average Bonchev–Trinajstić information content (AvgIpc) is 3.01. The Hall–Kier alpha value is -1.84. The summed E-state index contributed by atoms with van der Waals surface area (Å²) in [6.45, 7) is 8.15. The number of aryl methyl sites for hydroxylation is 1. The molecule has 9 heteroatoms. The van der Waals surface area contributed by atoms with Crippen LogP contribution in [0.3, 0.4) is 0 Å². The summed E-state index contributed by atoms with van der Waals surface area (Å²) in [7, 11) is -3.65. The fourth-order valence-electron chi connectivity index (χ4n) is 2.15. The highest BCUT2D eigenvalue weighted by Crippen LogP contribution is 2.23. The van der Waals surface area contributed by atoms with Crippen LogP contribution >= 0.6 is 11.3 Å². The van der Waals surface area contributed by atoms with Crippen molar-refractivity contribution in [1.29, 1.82) is 0 Å². The van der Waals surface area contributed by atoms with Crippen LogP contribution in [0.25, 0.3) is 0 Å². The van der Waals surface area contributed by atoms with E-state index in [2.05, 4.69) is 41.0 Å². The van der Waals surface area contributed by atoms with Crippen LogP contribution in [0.2, 0.25) is 0 Å². The SMILES string of the molecule is CCc1nnc(NC(=O)CCNS(=O)(=O)c2ccc(C(C)(C)C)cc2)s1. The summed E-state index contributed by atoms with van der Waals surface area (Å²) in [5.41, 5.74) is 1.01. The standard InChI is InChI=1S/C17H24N4O3S2/c1-5-15-20-21-16(25-15)19-14(22)10-11-18-26(23,24)13-8-6-12(7-9-13)17(2,3)4/h6-9,18H,5,10-11H2,1-4H3,(H,19,21,22). The minimum Gasteiger partial charge on any atom is -0.300 e. The number of amides is 1. The third kappa shape index (κ3) is 5.58. The average molecular weight is 397 g/mol. The molecule has 7 nitrogen and oxygen atoms in total. The normalized spacial score (nSPS) is 12.2. The Labute approximate surface area is 158 Å². The van der Waals surface area contributed by atoms with Gasteiger partial charge in [0.15, 0.2) is 0 Å². The first-order valence-electron chi connectivity index (χ1n) is 8.34. The number of carbonyl (C=O) groups is 1. The van der Waals surface area contributed by atoms with Gasteiger partial charge in [-0.2, -0.15) is 0 Å². The molecule has 0 bridgehead atoms. The molecule has 0 saturated heterocycles. The maximum Gasteiger partial charge on any atom is 0.240 e. The Morgan fingerprint density at radius 3 is 2.35 bits per heavy atom. The van der Waals surface area contributed by atoms with E-state index in [1.54, 1.807) is 12.1 Å². The molecule has 2 rings (SSSR count). The maximum atomic E-state index is 12.3. The Kier molecular flexibility index (Phi) is 6.48. The van der Waals surface area contributed by atoms with E-state index >= 15 is 0 Å². The highest BCUT2D eigenvalue weighted by molar-refractivity contribution is 7.89. The van der Waals surface area contributed by atoms with E-state index in [-0.39, 0.29) is 29.2 Å². The van der Waals surface area contributed by atoms with Gasteiger partial charge in [-0.25, -0.2) is 13.1 Å². The molecule has 0 atom stereocenters.